The molecule has 7 heteroatoms. The van der Waals surface area contributed by atoms with E-state index in [9.17, 15) is 0 Å². The molecule has 2 rings (SSSR count). The average Bonchev–Trinajstić information content (AvgIpc) is 2.85. The molecule has 112 valence electrons. The number of aromatic nitrogens is 3. The summed E-state index contributed by atoms with van der Waals surface area (Å²) in [6.07, 6.45) is 1.71. The molecule has 1 aliphatic heterocycles. The third kappa shape index (κ3) is 3.65. The van der Waals surface area contributed by atoms with Crippen molar-refractivity contribution in [2.24, 2.45) is 18.0 Å². The van der Waals surface area contributed by atoms with Crippen molar-refractivity contribution in [2.45, 2.75) is 25.6 Å². The molecule has 0 bridgehead atoms. The lowest BCUT2D eigenvalue weighted by Gasteiger charge is -2.36. The second-order valence-electron chi connectivity index (χ2n) is 5.36. The quantitative estimate of drug-likeness (QED) is 0.665. The summed E-state index contributed by atoms with van der Waals surface area (Å²) in [5.41, 5.74) is 0. The molecule has 1 aromatic heterocycles. The lowest BCUT2D eigenvalue weighted by Crippen LogP contribution is -2.48. The normalized spacial score (nSPS) is 20.6. The van der Waals surface area contributed by atoms with Gasteiger partial charge in [0.1, 0.15) is 6.33 Å². The van der Waals surface area contributed by atoms with E-state index in [1.54, 1.807) is 6.33 Å². The van der Waals surface area contributed by atoms with Gasteiger partial charge in [-0.3, -0.25) is 4.99 Å². The van der Waals surface area contributed by atoms with Gasteiger partial charge in [0, 0.05) is 38.2 Å². The number of rotatable bonds is 3. The van der Waals surface area contributed by atoms with Gasteiger partial charge in [0.25, 0.3) is 0 Å². The molecule has 1 atom stereocenters. The van der Waals surface area contributed by atoms with Crippen molar-refractivity contribution in [1.29, 1.82) is 0 Å². The summed E-state index contributed by atoms with van der Waals surface area (Å²) in [4.78, 5) is 6.74. The summed E-state index contributed by atoms with van der Waals surface area (Å²) < 4.78 is 1.92. The predicted molar refractivity (Wildman–Crippen MR) is 83.9 cm³/mol. The fourth-order valence-electron chi connectivity index (χ4n) is 2.23. The number of nitrogens with zero attached hydrogens (tertiary/aromatic N) is 5. The minimum atomic E-state index is 0.652. The summed E-state index contributed by atoms with van der Waals surface area (Å²) in [5.74, 6) is 3.73. The molecule has 0 aromatic carbocycles. The van der Waals surface area contributed by atoms with Crippen LogP contribution in [-0.4, -0.2) is 56.8 Å². The maximum atomic E-state index is 4.40. The van der Waals surface area contributed by atoms with E-state index in [0.717, 1.165) is 30.6 Å². The fraction of sp³-hybridized carbons (Fsp3) is 0.769. The van der Waals surface area contributed by atoms with E-state index in [-0.39, 0.29) is 0 Å². The average molecular weight is 296 g/mol. The van der Waals surface area contributed by atoms with Crippen molar-refractivity contribution in [3.63, 3.8) is 0 Å². The molecule has 1 unspecified atom stereocenters. The minimum absolute atomic E-state index is 0.652. The van der Waals surface area contributed by atoms with E-state index in [1.807, 2.05) is 18.7 Å². The third-order valence-corrected chi connectivity index (χ3v) is 5.10. The Kier molecular flexibility index (Phi) is 5.28. The molecule has 0 amide bonds. The molecular formula is C13H24N6S. The maximum absolute atomic E-state index is 4.40. The van der Waals surface area contributed by atoms with Crippen LogP contribution in [0.2, 0.25) is 0 Å². The van der Waals surface area contributed by atoms with E-state index in [2.05, 4.69) is 51.0 Å². The molecule has 6 nitrogen and oxygen atoms in total. The second-order valence-corrected chi connectivity index (χ2v) is 6.71. The molecule has 0 aliphatic carbocycles. The number of hydrogen-bond acceptors (Lipinski definition) is 4. The summed E-state index contributed by atoms with van der Waals surface area (Å²) in [6.45, 7) is 7.33. The molecular weight excluding hydrogens is 272 g/mol. The van der Waals surface area contributed by atoms with E-state index in [0.29, 0.717) is 17.7 Å². The van der Waals surface area contributed by atoms with Gasteiger partial charge in [-0.15, -0.1) is 10.2 Å². The van der Waals surface area contributed by atoms with Crippen molar-refractivity contribution >= 4 is 17.7 Å². The van der Waals surface area contributed by atoms with Gasteiger partial charge in [0.05, 0.1) is 6.54 Å². The Morgan fingerprint density at radius 3 is 3.00 bits per heavy atom. The summed E-state index contributed by atoms with van der Waals surface area (Å²) >= 11 is 2.07. The highest BCUT2D eigenvalue weighted by atomic mass is 32.2. The lowest BCUT2D eigenvalue weighted by molar-refractivity contribution is 0.380. The van der Waals surface area contributed by atoms with Crippen molar-refractivity contribution in [3.8, 4) is 0 Å². The molecule has 1 aliphatic rings. The number of nitrogens with one attached hydrogen (secondary N) is 1. The molecule has 0 radical (unpaired) electrons. The number of guanidine groups is 1. The van der Waals surface area contributed by atoms with E-state index < -0.39 is 0 Å². The number of thioether (sulfide) groups is 1. The summed E-state index contributed by atoms with van der Waals surface area (Å²) in [6, 6.07) is 0. The van der Waals surface area contributed by atoms with Gasteiger partial charge in [0.2, 0.25) is 0 Å². The Hall–Kier alpha value is -1.24. The Morgan fingerprint density at radius 2 is 2.40 bits per heavy atom. The van der Waals surface area contributed by atoms with Gasteiger partial charge in [-0.05, 0) is 5.92 Å². The van der Waals surface area contributed by atoms with Crippen LogP contribution >= 0.6 is 11.8 Å². The van der Waals surface area contributed by atoms with Gasteiger partial charge in [-0.2, -0.15) is 11.8 Å². The first-order chi connectivity index (χ1) is 9.61. The molecule has 2 heterocycles. The van der Waals surface area contributed by atoms with Gasteiger partial charge in [0.15, 0.2) is 11.8 Å². The van der Waals surface area contributed by atoms with Crippen LogP contribution in [0.5, 0.6) is 0 Å². The van der Waals surface area contributed by atoms with Crippen LogP contribution < -0.4 is 5.32 Å². The predicted octanol–water partition coefficient (Wildman–Crippen LogP) is 0.964. The van der Waals surface area contributed by atoms with Crippen molar-refractivity contribution in [2.75, 3.05) is 25.9 Å². The highest BCUT2D eigenvalue weighted by Crippen LogP contribution is 2.24. The van der Waals surface area contributed by atoms with Crippen molar-refractivity contribution < 1.29 is 0 Å². The first-order valence-corrected chi connectivity index (χ1v) is 8.06. The lowest BCUT2D eigenvalue weighted by atomic mass is 10.1. The van der Waals surface area contributed by atoms with Crippen LogP contribution in [0.1, 0.15) is 19.7 Å². The Labute approximate surface area is 125 Å². The highest BCUT2D eigenvalue weighted by Gasteiger charge is 2.24. The number of aliphatic imine (C=N–C) groups is 1. The number of hydrogen-bond donors (Lipinski definition) is 1. The van der Waals surface area contributed by atoms with Crippen molar-refractivity contribution in [3.05, 3.63) is 12.2 Å². The van der Waals surface area contributed by atoms with Crippen LogP contribution in [0.25, 0.3) is 0 Å². The molecule has 1 saturated heterocycles. The zero-order chi connectivity index (χ0) is 14.5. The second kappa shape index (κ2) is 6.97. The topological polar surface area (TPSA) is 58.3 Å². The Bertz CT molecular complexity index is 455. The van der Waals surface area contributed by atoms with Crippen LogP contribution in [-0.2, 0) is 13.6 Å². The van der Waals surface area contributed by atoms with Gasteiger partial charge < -0.3 is 14.8 Å². The van der Waals surface area contributed by atoms with Crippen LogP contribution in [0.4, 0.5) is 0 Å². The first kappa shape index (κ1) is 15.2. The standard InChI is InChI=1S/C13H24N6S/c1-10(2)11-8-19(5-6-20-11)13(14-3)15-7-12-17-16-9-18(12)4/h9-11H,5-8H2,1-4H3,(H,14,15). The molecule has 20 heavy (non-hydrogen) atoms. The Balaban J connectivity index is 1.93. The van der Waals surface area contributed by atoms with Gasteiger partial charge >= 0.3 is 0 Å². The van der Waals surface area contributed by atoms with Crippen molar-refractivity contribution in [1.82, 2.24) is 25.0 Å². The SMILES string of the molecule is CN=C(NCc1nncn1C)N1CCSC(C(C)C)C1. The zero-order valence-corrected chi connectivity index (χ0v) is 13.5. The zero-order valence-electron chi connectivity index (χ0n) is 12.7. The molecule has 0 spiro atoms. The smallest absolute Gasteiger partial charge is 0.194 e. The molecule has 1 fully saturated rings. The highest BCUT2D eigenvalue weighted by molar-refractivity contribution is 8.00. The molecule has 1 N–H and O–H groups in total. The van der Waals surface area contributed by atoms with Crippen LogP contribution in [0.3, 0.4) is 0 Å². The van der Waals surface area contributed by atoms with E-state index in [4.69, 9.17) is 0 Å². The molecule has 0 saturated carbocycles. The monoisotopic (exact) mass is 296 g/mol. The van der Waals surface area contributed by atoms with Gasteiger partial charge in [-0.1, -0.05) is 13.8 Å². The van der Waals surface area contributed by atoms with Crippen LogP contribution in [0.15, 0.2) is 11.3 Å². The largest absolute Gasteiger partial charge is 0.349 e. The Morgan fingerprint density at radius 1 is 1.60 bits per heavy atom. The van der Waals surface area contributed by atoms with Gasteiger partial charge in [-0.25, -0.2) is 0 Å². The first-order valence-electron chi connectivity index (χ1n) is 7.02. The maximum Gasteiger partial charge on any atom is 0.194 e. The van der Waals surface area contributed by atoms with Crippen LogP contribution in [0, 0.1) is 5.92 Å². The summed E-state index contributed by atoms with van der Waals surface area (Å²) in [7, 11) is 3.79. The summed E-state index contributed by atoms with van der Waals surface area (Å²) in [5, 5.41) is 12.0. The third-order valence-electron chi connectivity index (χ3n) is 3.56. The fourth-order valence-corrected chi connectivity index (χ4v) is 3.53. The number of aryl methyl sites for hydroxylation is 1. The molecule has 1 aromatic rings. The van der Waals surface area contributed by atoms with E-state index >= 15 is 0 Å². The minimum Gasteiger partial charge on any atom is -0.349 e. The van der Waals surface area contributed by atoms with E-state index in [1.165, 1.54) is 0 Å².